The van der Waals surface area contributed by atoms with Gasteiger partial charge >= 0.3 is 24.0 Å². The van der Waals surface area contributed by atoms with Gasteiger partial charge in [-0.2, -0.15) is 13.2 Å². The molecule has 2 amide bonds. The predicted octanol–water partition coefficient (Wildman–Crippen LogP) is 2.61. The van der Waals surface area contributed by atoms with Crippen LogP contribution >= 0.6 is 0 Å². The Bertz CT molecular complexity index is 913. The molecule has 206 valence electrons. The summed E-state index contributed by atoms with van der Waals surface area (Å²) in [5.74, 6) is -4.49. The van der Waals surface area contributed by atoms with Crippen LogP contribution in [-0.2, 0) is 23.9 Å². The first-order valence-electron chi connectivity index (χ1n) is 12.4. The van der Waals surface area contributed by atoms with Crippen LogP contribution in [0.15, 0.2) is 30.3 Å². The lowest BCUT2D eigenvalue weighted by molar-refractivity contribution is -0.173. The van der Waals surface area contributed by atoms with Gasteiger partial charge in [0.2, 0.25) is 5.91 Å². The van der Waals surface area contributed by atoms with Crippen molar-refractivity contribution in [2.45, 2.75) is 69.6 Å². The van der Waals surface area contributed by atoms with E-state index < -0.39 is 47.9 Å². The average molecular weight is 530 g/mol. The van der Waals surface area contributed by atoms with E-state index in [0.717, 1.165) is 5.56 Å². The van der Waals surface area contributed by atoms with Crippen molar-refractivity contribution in [3.63, 3.8) is 0 Å². The maximum atomic E-state index is 13.2. The number of esters is 1. The number of hydrogen-bond acceptors (Lipinski definition) is 6. The number of carboxylic acid groups (broad SMARTS) is 1. The molecule has 1 saturated heterocycles. The maximum Gasteiger partial charge on any atom is 0.471 e. The molecule has 0 saturated carbocycles. The standard InChI is InChI=1S/C25H34F3N3O6/c1-2-37-23(35)18(17-9-4-3-5-10-17)13-15-29-19(11-6-7-14-30-24(36)25(26,27)28)21(32)31-16-8-12-20(31)22(33)34/h3-5,9-10,18-20,29H,2,6-8,11-16H2,1H3,(H,30,36)(H,33,34)/t18-,19-,20-/m0/s1. The zero-order valence-electron chi connectivity index (χ0n) is 20.8. The van der Waals surface area contributed by atoms with Gasteiger partial charge in [-0.05, 0) is 57.6 Å². The summed E-state index contributed by atoms with van der Waals surface area (Å²) in [7, 11) is 0. The van der Waals surface area contributed by atoms with Gasteiger partial charge in [-0.25, -0.2) is 4.79 Å². The van der Waals surface area contributed by atoms with Gasteiger partial charge in [0.05, 0.1) is 18.6 Å². The predicted molar refractivity (Wildman–Crippen MR) is 128 cm³/mol. The lowest BCUT2D eigenvalue weighted by atomic mass is 9.95. The Hall–Kier alpha value is -3.15. The zero-order valence-corrected chi connectivity index (χ0v) is 20.8. The summed E-state index contributed by atoms with van der Waals surface area (Å²) in [6.45, 7) is 2.25. The number of unbranched alkanes of at least 4 members (excludes halogenated alkanes) is 1. The third-order valence-corrected chi connectivity index (χ3v) is 6.18. The highest BCUT2D eigenvalue weighted by Gasteiger charge is 2.38. The van der Waals surface area contributed by atoms with Crippen LogP contribution in [0.2, 0.25) is 0 Å². The van der Waals surface area contributed by atoms with Crippen molar-refractivity contribution < 1.29 is 42.2 Å². The van der Waals surface area contributed by atoms with Crippen LogP contribution in [0, 0.1) is 0 Å². The van der Waals surface area contributed by atoms with E-state index in [9.17, 15) is 37.5 Å². The molecule has 1 fully saturated rings. The van der Waals surface area contributed by atoms with Gasteiger partial charge in [0, 0.05) is 13.1 Å². The normalized spacial score (nSPS) is 17.2. The second-order valence-corrected chi connectivity index (χ2v) is 8.79. The van der Waals surface area contributed by atoms with Crippen molar-refractivity contribution in [3.8, 4) is 0 Å². The molecule has 1 heterocycles. The van der Waals surface area contributed by atoms with Crippen LogP contribution in [0.25, 0.3) is 0 Å². The van der Waals surface area contributed by atoms with Crippen LogP contribution < -0.4 is 10.6 Å². The molecule has 3 atom stereocenters. The van der Waals surface area contributed by atoms with Crippen molar-refractivity contribution in [2.75, 3.05) is 26.2 Å². The zero-order chi connectivity index (χ0) is 27.4. The van der Waals surface area contributed by atoms with E-state index in [1.165, 1.54) is 4.90 Å². The van der Waals surface area contributed by atoms with E-state index in [-0.39, 0.29) is 32.5 Å². The largest absolute Gasteiger partial charge is 0.480 e. The van der Waals surface area contributed by atoms with Crippen molar-refractivity contribution in [3.05, 3.63) is 35.9 Å². The Balaban J connectivity index is 2.02. The van der Waals surface area contributed by atoms with Crippen LogP contribution in [0.1, 0.15) is 56.9 Å². The van der Waals surface area contributed by atoms with Gasteiger partial charge in [0.1, 0.15) is 6.04 Å². The van der Waals surface area contributed by atoms with Crippen LogP contribution in [0.4, 0.5) is 13.2 Å². The monoisotopic (exact) mass is 529 g/mol. The van der Waals surface area contributed by atoms with E-state index in [2.05, 4.69) is 5.32 Å². The van der Waals surface area contributed by atoms with Crippen LogP contribution in [0.3, 0.4) is 0 Å². The first-order valence-corrected chi connectivity index (χ1v) is 12.4. The number of nitrogens with zero attached hydrogens (tertiary/aromatic N) is 1. The second-order valence-electron chi connectivity index (χ2n) is 8.79. The van der Waals surface area contributed by atoms with Gasteiger partial charge in [-0.15, -0.1) is 0 Å². The Kier molecular flexibility index (Phi) is 11.8. The lowest BCUT2D eigenvalue weighted by Gasteiger charge is -2.28. The molecule has 9 nitrogen and oxygen atoms in total. The van der Waals surface area contributed by atoms with Crippen molar-refractivity contribution in [2.24, 2.45) is 0 Å². The lowest BCUT2D eigenvalue weighted by Crippen LogP contribution is -2.50. The molecular weight excluding hydrogens is 495 g/mol. The summed E-state index contributed by atoms with van der Waals surface area (Å²) in [4.78, 5) is 49.6. The molecule has 0 aliphatic carbocycles. The molecular formula is C25H34F3N3O6. The molecule has 37 heavy (non-hydrogen) atoms. The van der Waals surface area contributed by atoms with Crippen LogP contribution in [-0.4, -0.2) is 78.3 Å². The van der Waals surface area contributed by atoms with Gasteiger partial charge < -0.3 is 25.4 Å². The van der Waals surface area contributed by atoms with Crippen molar-refractivity contribution >= 4 is 23.8 Å². The van der Waals surface area contributed by atoms with Gasteiger partial charge in [0.15, 0.2) is 0 Å². The fourth-order valence-corrected chi connectivity index (χ4v) is 4.33. The fourth-order valence-electron chi connectivity index (χ4n) is 4.33. The number of hydrogen-bond donors (Lipinski definition) is 3. The molecule has 0 bridgehead atoms. The third-order valence-electron chi connectivity index (χ3n) is 6.18. The maximum absolute atomic E-state index is 13.2. The molecule has 0 aromatic heterocycles. The van der Waals surface area contributed by atoms with Crippen molar-refractivity contribution in [1.82, 2.24) is 15.5 Å². The average Bonchev–Trinajstić information content (AvgIpc) is 3.35. The first kappa shape index (κ1) is 30.1. The van der Waals surface area contributed by atoms with Crippen molar-refractivity contribution in [1.29, 1.82) is 0 Å². The first-order chi connectivity index (χ1) is 17.6. The smallest absolute Gasteiger partial charge is 0.471 e. The number of aliphatic carboxylic acids is 1. The summed E-state index contributed by atoms with van der Waals surface area (Å²) < 4.78 is 42.2. The van der Waals surface area contributed by atoms with Gasteiger partial charge in [0.25, 0.3) is 0 Å². The molecule has 0 radical (unpaired) electrons. The highest BCUT2D eigenvalue weighted by atomic mass is 19.4. The van der Waals surface area contributed by atoms with E-state index >= 15 is 0 Å². The molecule has 1 aromatic carbocycles. The number of carboxylic acids is 1. The fraction of sp³-hybridized carbons (Fsp3) is 0.600. The number of rotatable bonds is 14. The van der Waals surface area contributed by atoms with E-state index in [0.29, 0.717) is 32.2 Å². The molecule has 2 rings (SSSR count). The molecule has 3 N–H and O–H groups in total. The minimum absolute atomic E-state index is 0.200. The summed E-state index contributed by atoms with van der Waals surface area (Å²) in [5, 5.41) is 14.4. The van der Waals surface area contributed by atoms with Gasteiger partial charge in [-0.1, -0.05) is 30.3 Å². The Morgan fingerprint density at radius 3 is 2.43 bits per heavy atom. The molecule has 0 spiro atoms. The van der Waals surface area contributed by atoms with E-state index in [1.54, 1.807) is 36.5 Å². The quantitative estimate of drug-likeness (QED) is 0.250. The number of halogens is 3. The third kappa shape index (κ3) is 9.34. The second kappa shape index (κ2) is 14.6. The summed E-state index contributed by atoms with van der Waals surface area (Å²) in [6.07, 6.45) is -3.02. The Morgan fingerprint density at radius 2 is 1.81 bits per heavy atom. The highest BCUT2D eigenvalue weighted by molar-refractivity contribution is 5.87. The molecule has 12 heteroatoms. The number of benzene rings is 1. The number of amides is 2. The number of carbonyl (C=O) groups is 4. The SMILES string of the molecule is CCOC(=O)[C@@H](CCN[C@@H](CCCCNC(=O)C(F)(F)F)C(=O)N1CCC[C@H]1C(=O)O)c1ccccc1. The molecule has 1 aromatic rings. The Labute approximate surface area is 213 Å². The Morgan fingerprint density at radius 1 is 1.11 bits per heavy atom. The molecule has 1 aliphatic heterocycles. The summed E-state index contributed by atoms with van der Waals surface area (Å²) in [5.41, 5.74) is 0.761. The number of carbonyl (C=O) groups excluding carboxylic acids is 3. The minimum Gasteiger partial charge on any atom is -0.480 e. The van der Waals surface area contributed by atoms with E-state index in [1.807, 2.05) is 6.07 Å². The van der Waals surface area contributed by atoms with Crippen LogP contribution in [0.5, 0.6) is 0 Å². The van der Waals surface area contributed by atoms with Gasteiger partial charge in [-0.3, -0.25) is 14.4 Å². The minimum atomic E-state index is -4.96. The topological polar surface area (TPSA) is 125 Å². The highest BCUT2D eigenvalue weighted by Crippen LogP contribution is 2.23. The summed E-state index contributed by atoms with van der Waals surface area (Å²) in [6, 6.07) is 7.32. The molecule has 0 unspecified atom stereocenters. The summed E-state index contributed by atoms with van der Waals surface area (Å²) >= 11 is 0. The number of likely N-dealkylation sites (tertiary alicyclic amines) is 1. The van der Waals surface area contributed by atoms with E-state index in [4.69, 9.17) is 4.74 Å². The number of alkyl halides is 3. The molecule has 1 aliphatic rings. The number of nitrogens with one attached hydrogen (secondary N) is 2. The number of ether oxygens (including phenoxy) is 1.